The Labute approximate surface area is 112 Å². The van der Waals surface area contributed by atoms with Crippen LogP contribution < -0.4 is 5.73 Å². The smallest absolute Gasteiger partial charge is 0.292 e. The number of anilines is 1. The average molecular weight is 265 g/mol. The van der Waals surface area contributed by atoms with Crippen LogP contribution in [0, 0.1) is 10.1 Å². The third-order valence-corrected chi connectivity index (χ3v) is 2.82. The average Bonchev–Trinajstić information content (AvgIpc) is 2.35. The van der Waals surface area contributed by atoms with E-state index in [1.54, 1.807) is 4.90 Å². The number of benzene rings is 1. The van der Waals surface area contributed by atoms with Gasteiger partial charge in [0.1, 0.15) is 5.69 Å². The molecule has 19 heavy (non-hydrogen) atoms. The lowest BCUT2D eigenvalue weighted by atomic mass is 10.1. The summed E-state index contributed by atoms with van der Waals surface area (Å²) in [6.45, 7) is 6.43. The molecule has 1 amide bonds. The number of amides is 1. The van der Waals surface area contributed by atoms with Crippen LogP contribution in [-0.2, 0) is 0 Å². The minimum atomic E-state index is -0.578. The van der Waals surface area contributed by atoms with E-state index in [0.29, 0.717) is 12.1 Å². The van der Waals surface area contributed by atoms with Crippen molar-refractivity contribution in [1.82, 2.24) is 4.90 Å². The molecule has 2 N–H and O–H groups in total. The summed E-state index contributed by atoms with van der Waals surface area (Å²) < 4.78 is 0. The molecule has 6 nitrogen and oxygen atoms in total. The van der Waals surface area contributed by atoms with Crippen molar-refractivity contribution in [2.24, 2.45) is 0 Å². The van der Waals surface area contributed by atoms with Crippen LogP contribution in [0.25, 0.3) is 0 Å². The number of nitrogens with two attached hydrogens (primary N) is 1. The molecule has 0 bridgehead atoms. The first-order chi connectivity index (χ1) is 8.88. The van der Waals surface area contributed by atoms with Crippen LogP contribution in [-0.4, -0.2) is 28.3 Å². The highest BCUT2D eigenvalue weighted by atomic mass is 16.6. The molecule has 104 valence electrons. The second-order valence-electron chi connectivity index (χ2n) is 4.62. The number of nitrogen functional groups attached to an aromatic ring is 1. The van der Waals surface area contributed by atoms with E-state index < -0.39 is 4.92 Å². The van der Waals surface area contributed by atoms with Crippen molar-refractivity contribution in [3.63, 3.8) is 0 Å². The predicted octanol–water partition coefficient (Wildman–Crippen LogP) is 2.44. The van der Waals surface area contributed by atoms with E-state index in [-0.39, 0.29) is 23.3 Å². The van der Waals surface area contributed by atoms with Crippen LogP contribution in [0.2, 0.25) is 0 Å². The maximum absolute atomic E-state index is 12.3. The van der Waals surface area contributed by atoms with Gasteiger partial charge in [0.2, 0.25) is 0 Å². The van der Waals surface area contributed by atoms with E-state index in [1.807, 2.05) is 20.8 Å². The molecule has 0 atom stereocenters. The first-order valence-electron chi connectivity index (χ1n) is 6.23. The monoisotopic (exact) mass is 265 g/mol. The third-order valence-electron chi connectivity index (χ3n) is 2.82. The molecule has 1 aromatic carbocycles. The molecule has 0 fully saturated rings. The molecule has 1 aromatic rings. The zero-order valence-corrected chi connectivity index (χ0v) is 11.4. The summed E-state index contributed by atoms with van der Waals surface area (Å²) in [6.07, 6.45) is 0.834. The van der Waals surface area contributed by atoms with Gasteiger partial charge in [-0.1, -0.05) is 6.92 Å². The fourth-order valence-electron chi connectivity index (χ4n) is 1.84. The summed E-state index contributed by atoms with van der Waals surface area (Å²) in [4.78, 5) is 24.3. The summed E-state index contributed by atoms with van der Waals surface area (Å²) in [5, 5.41) is 10.8. The zero-order valence-electron chi connectivity index (χ0n) is 11.4. The Kier molecular flexibility index (Phi) is 4.86. The lowest BCUT2D eigenvalue weighted by molar-refractivity contribution is -0.383. The number of nitro benzene ring substituents is 1. The second-order valence-corrected chi connectivity index (χ2v) is 4.62. The molecule has 6 heteroatoms. The number of rotatable bonds is 5. The Balaban J connectivity index is 3.11. The number of carbonyl (C=O) groups excluding carboxylic acids is 1. The summed E-state index contributed by atoms with van der Waals surface area (Å²) in [5.41, 5.74) is 5.65. The van der Waals surface area contributed by atoms with Crippen LogP contribution >= 0.6 is 0 Å². The Morgan fingerprint density at radius 2 is 2.11 bits per heavy atom. The quantitative estimate of drug-likeness (QED) is 0.503. The number of carbonyl (C=O) groups is 1. The van der Waals surface area contributed by atoms with E-state index in [4.69, 9.17) is 5.73 Å². The minimum absolute atomic E-state index is 0.0454. The highest BCUT2D eigenvalue weighted by molar-refractivity contribution is 5.95. The van der Waals surface area contributed by atoms with Gasteiger partial charge in [0.25, 0.3) is 11.6 Å². The zero-order chi connectivity index (χ0) is 14.6. The van der Waals surface area contributed by atoms with Crippen molar-refractivity contribution < 1.29 is 9.72 Å². The SMILES string of the molecule is CCCN(C(=O)c1ccc(N)c([N+](=O)[O-])c1)C(C)C. The van der Waals surface area contributed by atoms with Crippen LogP contribution in [0.1, 0.15) is 37.6 Å². The van der Waals surface area contributed by atoms with Crippen molar-refractivity contribution in [1.29, 1.82) is 0 Å². The van der Waals surface area contributed by atoms with Gasteiger partial charge in [-0.05, 0) is 32.4 Å². The fraction of sp³-hybridized carbons (Fsp3) is 0.462. The molecule has 0 aromatic heterocycles. The van der Waals surface area contributed by atoms with Crippen molar-refractivity contribution in [3.05, 3.63) is 33.9 Å². The number of hydrogen-bond donors (Lipinski definition) is 1. The maximum atomic E-state index is 12.3. The second kappa shape index (κ2) is 6.17. The van der Waals surface area contributed by atoms with Gasteiger partial charge in [0.15, 0.2) is 0 Å². The summed E-state index contributed by atoms with van der Waals surface area (Å²) >= 11 is 0. The third kappa shape index (κ3) is 3.43. The first-order valence-corrected chi connectivity index (χ1v) is 6.23. The van der Waals surface area contributed by atoms with Crippen LogP contribution in [0.4, 0.5) is 11.4 Å². The molecule has 0 unspecified atom stereocenters. The molecule has 0 heterocycles. The summed E-state index contributed by atoms with van der Waals surface area (Å²) in [6, 6.07) is 4.21. The van der Waals surface area contributed by atoms with E-state index in [9.17, 15) is 14.9 Å². The fourth-order valence-corrected chi connectivity index (χ4v) is 1.84. The summed E-state index contributed by atoms with van der Waals surface area (Å²) in [5.74, 6) is -0.208. The highest BCUT2D eigenvalue weighted by Crippen LogP contribution is 2.23. The van der Waals surface area contributed by atoms with Crippen molar-refractivity contribution in [3.8, 4) is 0 Å². The number of nitro groups is 1. The largest absolute Gasteiger partial charge is 0.393 e. The van der Waals surface area contributed by atoms with Gasteiger partial charge in [-0.3, -0.25) is 14.9 Å². The topological polar surface area (TPSA) is 89.5 Å². The molecule has 0 spiro atoms. The lowest BCUT2D eigenvalue weighted by Crippen LogP contribution is -2.37. The molecular formula is C13H19N3O3. The molecule has 1 rings (SSSR count). The first kappa shape index (κ1) is 14.9. The van der Waals surface area contributed by atoms with Crippen LogP contribution in [0.5, 0.6) is 0 Å². The van der Waals surface area contributed by atoms with E-state index >= 15 is 0 Å². The predicted molar refractivity (Wildman–Crippen MR) is 74.0 cm³/mol. The van der Waals surface area contributed by atoms with Crippen molar-refractivity contribution in [2.75, 3.05) is 12.3 Å². The Hall–Kier alpha value is -2.11. The lowest BCUT2D eigenvalue weighted by Gasteiger charge is -2.26. The van der Waals surface area contributed by atoms with E-state index in [2.05, 4.69) is 0 Å². The number of hydrogen-bond acceptors (Lipinski definition) is 4. The Morgan fingerprint density at radius 1 is 1.47 bits per heavy atom. The van der Waals surface area contributed by atoms with Gasteiger partial charge < -0.3 is 10.6 Å². The van der Waals surface area contributed by atoms with Gasteiger partial charge in [-0.25, -0.2) is 0 Å². The number of nitrogens with zero attached hydrogens (tertiary/aromatic N) is 2. The van der Waals surface area contributed by atoms with E-state index in [1.165, 1.54) is 18.2 Å². The van der Waals surface area contributed by atoms with Gasteiger partial charge in [0, 0.05) is 24.2 Å². The van der Waals surface area contributed by atoms with Gasteiger partial charge >= 0.3 is 0 Å². The van der Waals surface area contributed by atoms with Crippen LogP contribution in [0.15, 0.2) is 18.2 Å². The maximum Gasteiger partial charge on any atom is 0.292 e. The van der Waals surface area contributed by atoms with E-state index in [0.717, 1.165) is 6.42 Å². The molecule has 0 aliphatic carbocycles. The molecule has 0 saturated heterocycles. The molecule has 0 aliphatic heterocycles. The molecule has 0 saturated carbocycles. The normalized spacial score (nSPS) is 10.5. The summed E-state index contributed by atoms with van der Waals surface area (Å²) in [7, 11) is 0. The highest BCUT2D eigenvalue weighted by Gasteiger charge is 2.21. The van der Waals surface area contributed by atoms with Crippen LogP contribution in [0.3, 0.4) is 0 Å². The minimum Gasteiger partial charge on any atom is -0.393 e. The van der Waals surface area contributed by atoms with Gasteiger partial charge in [-0.2, -0.15) is 0 Å². The van der Waals surface area contributed by atoms with Crippen molar-refractivity contribution >= 4 is 17.3 Å². The van der Waals surface area contributed by atoms with Gasteiger partial charge in [-0.15, -0.1) is 0 Å². The van der Waals surface area contributed by atoms with Crippen molar-refractivity contribution in [2.45, 2.75) is 33.2 Å². The standard InChI is InChI=1S/C13H19N3O3/c1-4-7-15(9(2)3)13(17)10-5-6-11(14)12(8-10)16(18)19/h5-6,8-9H,4,7,14H2,1-3H3. The molecule has 0 aliphatic rings. The Morgan fingerprint density at radius 3 is 2.58 bits per heavy atom. The molecular weight excluding hydrogens is 246 g/mol. The molecule has 0 radical (unpaired) electrons. The Bertz CT molecular complexity index is 486. The van der Waals surface area contributed by atoms with Gasteiger partial charge in [0.05, 0.1) is 4.92 Å².